The van der Waals surface area contributed by atoms with E-state index in [-0.39, 0.29) is 6.09 Å². The maximum atomic E-state index is 12.8. The Morgan fingerprint density at radius 3 is 2.33 bits per heavy atom. The second-order valence-corrected chi connectivity index (χ2v) is 9.31. The summed E-state index contributed by atoms with van der Waals surface area (Å²) in [6.07, 6.45) is 0.749. The first-order valence-corrected chi connectivity index (χ1v) is 10.8. The van der Waals surface area contributed by atoms with Gasteiger partial charge in [-0.1, -0.05) is 30.3 Å². The van der Waals surface area contributed by atoms with Gasteiger partial charge in [-0.25, -0.2) is 4.79 Å². The van der Waals surface area contributed by atoms with Gasteiger partial charge in [0.1, 0.15) is 11.4 Å². The van der Waals surface area contributed by atoms with Crippen LogP contribution in [-0.4, -0.2) is 49.4 Å². The first-order chi connectivity index (χ1) is 14.4. The van der Waals surface area contributed by atoms with Crippen LogP contribution in [0.1, 0.15) is 38.7 Å². The Bertz CT molecular complexity index is 860. The minimum absolute atomic E-state index is 0.201. The molecule has 0 unspecified atom stereocenters. The minimum atomic E-state index is -0.477. The zero-order valence-corrected chi connectivity index (χ0v) is 18.4. The van der Waals surface area contributed by atoms with E-state index in [0.717, 1.165) is 31.8 Å². The van der Waals surface area contributed by atoms with Crippen molar-refractivity contribution in [2.24, 2.45) is 5.92 Å². The van der Waals surface area contributed by atoms with E-state index in [0.29, 0.717) is 17.9 Å². The second-order valence-electron chi connectivity index (χ2n) is 9.31. The number of nitrogens with zero attached hydrogens (tertiary/aromatic N) is 2. The highest BCUT2D eigenvalue weighted by Gasteiger charge is 2.46. The van der Waals surface area contributed by atoms with Crippen LogP contribution in [0.5, 0.6) is 5.75 Å². The predicted molar refractivity (Wildman–Crippen MR) is 119 cm³/mol. The van der Waals surface area contributed by atoms with Crippen molar-refractivity contribution in [1.82, 2.24) is 4.90 Å². The van der Waals surface area contributed by atoms with Crippen molar-refractivity contribution in [2.75, 3.05) is 31.6 Å². The first kappa shape index (κ1) is 20.6. The molecule has 2 aliphatic rings. The van der Waals surface area contributed by atoms with Gasteiger partial charge >= 0.3 is 6.09 Å². The molecule has 0 saturated carbocycles. The smallest absolute Gasteiger partial charge is 0.410 e. The molecule has 5 nitrogen and oxygen atoms in total. The summed E-state index contributed by atoms with van der Waals surface area (Å²) in [5.41, 5.74) is 2.08. The Labute approximate surface area is 179 Å². The summed E-state index contributed by atoms with van der Waals surface area (Å²) in [6.45, 7) is 8.17. The molecule has 2 saturated heterocycles. The molecule has 2 aromatic rings. The second kappa shape index (κ2) is 8.21. The van der Waals surface area contributed by atoms with Crippen molar-refractivity contribution in [3.05, 3.63) is 60.2 Å². The van der Waals surface area contributed by atoms with Crippen molar-refractivity contribution in [3.63, 3.8) is 0 Å². The summed E-state index contributed by atoms with van der Waals surface area (Å²) in [7, 11) is 1.69. The van der Waals surface area contributed by atoms with Gasteiger partial charge in [-0.2, -0.15) is 0 Å². The normalized spacial score (nSPS) is 23.8. The van der Waals surface area contributed by atoms with Gasteiger partial charge in [0.25, 0.3) is 0 Å². The molecule has 0 spiro atoms. The van der Waals surface area contributed by atoms with E-state index in [4.69, 9.17) is 9.47 Å². The third-order valence-corrected chi connectivity index (χ3v) is 6.21. The fourth-order valence-electron chi connectivity index (χ4n) is 4.85. The number of para-hydroxylation sites is 1. The van der Waals surface area contributed by atoms with E-state index >= 15 is 0 Å². The van der Waals surface area contributed by atoms with E-state index in [1.807, 2.05) is 37.8 Å². The van der Waals surface area contributed by atoms with E-state index in [9.17, 15) is 4.79 Å². The van der Waals surface area contributed by atoms with Crippen LogP contribution in [0.25, 0.3) is 0 Å². The number of ether oxygens (including phenoxy) is 2. The maximum Gasteiger partial charge on any atom is 0.410 e. The molecule has 30 heavy (non-hydrogen) atoms. The molecule has 0 bridgehead atoms. The van der Waals surface area contributed by atoms with Gasteiger partial charge in [0.2, 0.25) is 0 Å². The number of piperidine rings is 1. The summed E-state index contributed by atoms with van der Waals surface area (Å²) in [5, 5.41) is 0. The third-order valence-electron chi connectivity index (χ3n) is 6.21. The largest absolute Gasteiger partial charge is 0.497 e. The zero-order valence-electron chi connectivity index (χ0n) is 18.4. The number of hydrogen-bond donors (Lipinski definition) is 0. The lowest BCUT2D eigenvalue weighted by Crippen LogP contribution is -2.50. The molecule has 3 atom stereocenters. The summed E-state index contributed by atoms with van der Waals surface area (Å²) >= 11 is 0. The number of carbonyl (C=O) groups excluding carboxylic acids is 1. The Hall–Kier alpha value is -2.69. The Balaban J connectivity index is 1.60. The molecule has 2 heterocycles. The lowest BCUT2D eigenvalue weighted by Gasteiger charge is -2.39. The average molecular weight is 409 g/mol. The molecule has 1 amide bonds. The molecule has 0 aliphatic carbocycles. The van der Waals surface area contributed by atoms with Gasteiger partial charge in [-0.05, 0) is 57.0 Å². The maximum absolute atomic E-state index is 12.8. The van der Waals surface area contributed by atoms with E-state index < -0.39 is 5.60 Å². The first-order valence-electron chi connectivity index (χ1n) is 10.8. The number of amides is 1. The number of likely N-dealkylation sites (tertiary alicyclic amines) is 1. The summed E-state index contributed by atoms with van der Waals surface area (Å²) in [6, 6.07) is 19.4. The number of rotatable bonds is 3. The molecule has 160 valence electrons. The van der Waals surface area contributed by atoms with Crippen LogP contribution < -0.4 is 9.64 Å². The van der Waals surface area contributed by atoms with Crippen LogP contribution in [0.2, 0.25) is 0 Å². The topological polar surface area (TPSA) is 42.0 Å². The molecule has 4 rings (SSSR count). The van der Waals surface area contributed by atoms with Crippen molar-refractivity contribution in [3.8, 4) is 5.75 Å². The summed E-state index contributed by atoms with van der Waals surface area (Å²) < 4.78 is 11.0. The monoisotopic (exact) mass is 408 g/mol. The van der Waals surface area contributed by atoms with E-state index in [2.05, 4.69) is 47.4 Å². The summed E-state index contributed by atoms with van der Waals surface area (Å²) in [5.74, 6) is 1.58. The lowest BCUT2D eigenvalue weighted by atomic mass is 9.82. The zero-order chi connectivity index (χ0) is 21.3. The van der Waals surface area contributed by atoms with Crippen LogP contribution >= 0.6 is 0 Å². The van der Waals surface area contributed by atoms with E-state index in [1.54, 1.807) is 7.11 Å². The molecular weight excluding hydrogens is 376 g/mol. The fraction of sp³-hybridized carbons (Fsp3) is 0.480. The van der Waals surface area contributed by atoms with Gasteiger partial charge in [0.05, 0.1) is 7.11 Å². The SMILES string of the molecule is COc1ccc([C@@H]2CN(c3ccccc3)[C@H]3CCN(C(=O)OC(C)(C)C)C[C@@H]23)cc1. The number of hydrogen-bond acceptors (Lipinski definition) is 4. The van der Waals surface area contributed by atoms with Gasteiger partial charge in [-0.15, -0.1) is 0 Å². The van der Waals surface area contributed by atoms with Crippen molar-refractivity contribution in [1.29, 1.82) is 0 Å². The minimum Gasteiger partial charge on any atom is -0.497 e. The number of anilines is 1. The van der Waals surface area contributed by atoms with Crippen molar-refractivity contribution in [2.45, 2.75) is 44.8 Å². The standard InChI is InChI=1S/C25H32N2O3/c1-25(2,3)30-24(28)26-15-14-23-22(16-26)21(18-10-12-20(29-4)13-11-18)17-27(23)19-8-6-5-7-9-19/h5-13,21-23H,14-17H2,1-4H3/t21-,22-,23-/m0/s1. The van der Waals surface area contributed by atoms with Crippen molar-refractivity contribution >= 4 is 11.8 Å². The number of fused-ring (bicyclic) bond motifs is 1. The number of methoxy groups -OCH3 is 1. The Morgan fingerprint density at radius 1 is 1.00 bits per heavy atom. The molecule has 2 aliphatic heterocycles. The Morgan fingerprint density at radius 2 is 1.70 bits per heavy atom. The van der Waals surface area contributed by atoms with Crippen LogP contribution in [0.4, 0.5) is 10.5 Å². The quantitative estimate of drug-likeness (QED) is 0.723. The van der Waals surface area contributed by atoms with Gasteiger partial charge in [0.15, 0.2) is 0 Å². The third kappa shape index (κ3) is 4.25. The molecule has 5 heteroatoms. The fourth-order valence-corrected chi connectivity index (χ4v) is 4.85. The molecular formula is C25H32N2O3. The molecule has 2 aromatic carbocycles. The average Bonchev–Trinajstić information content (AvgIpc) is 3.12. The summed E-state index contributed by atoms with van der Waals surface area (Å²) in [4.78, 5) is 17.2. The van der Waals surface area contributed by atoms with Crippen LogP contribution in [0.3, 0.4) is 0 Å². The van der Waals surface area contributed by atoms with Crippen LogP contribution in [-0.2, 0) is 4.74 Å². The predicted octanol–water partition coefficient (Wildman–Crippen LogP) is 4.92. The van der Waals surface area contributed by atoms with Gasteiger partial charge < -0.3 is 19.3 Å². The molecule has 2 fully saturated rings. The number of carbonyl (C=O) groups is 1. The van der Waals surface area contributed by atoms with Gasteiger partial charge in [-0.3, -0.25) is 0 Å². The van der Waals surface area contributed by atoms with Crippen LogP contribution in [0.15, 0.2) is 54.6 Å². The molecule has 0 aromatic heterocycles. The molecule has 0 radical (unpaired) electrons. The number of benzene rings is 2. The highest BCUT2D eigenvalue weighted by Crippen LogP contribution is 2.44. The Kier molecular flexibility index (Phi) is 5.63. The molecule has 0 N–H and O–H groups in total. The van der Waals surface area contributed by atoms with E-state index in [1.165, 1.54) is 11.3 Å². The highest BCUT2D eigenvalue weighted by molar-refractivity contribution is 5.68. The lowest BCUT2D eigenvalue weighted by molar-refractivity contribution is 0.0154. The highest BCUT2D eigenvalue weighted by atomic mass is 16.6. The van der Waals surface area contributed by atoms with Crippen molar-refractivity contribution < 1.29 is 14.3 Å². The van der Waals surface area contributed by atoms with Crippen LogP contribution in [0, 0.1) is 5.92 Å². The van der Waals surface area contributed by atoms with Gasteiger partial charge in [0, 0.05) is 43.2 Å².